The highest BCUT2D eigenvalue weighted by Gasteiger charge is 2.17. The van der Waals surface area contributed by atoms with Crippen molar-refractivity contribution >= 4 is 55.0 Å². The molecule has 0 spiro atoms. The topological polar surface area (TPSA) is 42.4 Å². The molecule has 0 atom stereocenters. The first-order valence-corrected chi connectivity index (χ1v) is 16.2. The van der Waals surface area contributed by atoms with E-state index in [4.69, 9.17) is 13.1 Å². The highest BCUT2D eigenvalue weighted by molar-refractivity contribution is 6.11. The standard InChI is InChI=1S/C45H25N5/c1-47-33-19-24-44-40(26-33)38-8-4-6-10-42(38)50(44)45-27-34(48-2)18-22-36(45)32-14-12-30(13-15-32)31-16-20-35(21-17-31)49-41-9-5-3-7-37(41)39-25-29(28-46)11-23-43(39)49/h3-27H. The van der Waals surface area contributed by atoms with Gasteiger partial charge < -0.3 is 9.13 Å². The summed E-state index contributed by atoms with van der Waals surface area (Å²) in [5, 5.41) is 13.8. The molecule has 0 aliphatic carbocycles. The molecule has 5 heteroatoms. The number of hydrogen-bond donors (Lipinski definition) is 0. The van der Waals surface area contributed by atoms with Crippen LogP contribution >= 0.6 is 0 Å². The molecule has 0 radical (unpaired) electrons. The molecule has 0 N–H and O–H groups in total. The highest BCUT2D eigenvalue weighted by Crippen LogP contribution is 2.40. The zero-order valence-electron chi connectivity index (χ0n) is 26.7. The maximum atomic E-state index is 9.51. The first-order chi connectivity index (χ1) is 24.6. The van der Waals surface area contributed by atoms with E-state index in [0.717, 1.165) is 77.2 Å². The molecular weight excluding hydrogens is 611 g/mol. The molecule has 2 heterocycles. The lowest BCUT2D eigenvalue weighted by molar-refractivity contribution is 1.18. The number of benzene rings is 7. The number of nitriles is 1. The lowest BCUT2D eigenvalue weighted by Gasteiger charge is -2.15. The summed E-state index contributed by atoms with van der Waals surface area (Å²) >= 11 is 0. The second-order valence-electron chi connectivity index (χ2n) is 12.3. The Morgan fingerprint density at radius 2 is 0.980 bits per heavy atom. The van der Waals surface area contributed by atoms with Crippen molar-refractivity contribution in [3.8, 4) is 39.7 Å². The van der Waals surface area contributed by atoms with Crippen LogP contribution in [0.25, 0.3) is 86.9 Å². The zero-order chi connectivity index (χ0) is 33.8. The van der Waals surface area contributed by atoms with Crippen LogP contribution in [0.4, 0.5) is 11.4 Å². The van der Waals surface area contributed by atoms with E-state index in [-0.39, 0.29) is 0 Å². The second kappa shape index (κ2) is 11.4. The number of nitrogens with zero attached hydrogens (tertiary/aromatic N) is 5. The molecule has 0 saturated heterocycles. The smallest absolute Gasteiger partial charge is 0.189 e. The van der Waals surface area contributed by atoms with Gasteiger partial charge in [0.15, 0.2) is 11.4 Å². The predicted molar refractivity (Wildman–Crippen MR) is 203 cm³/mol. The number of rotatable bonds is 4. The Morgan fingerprint density at radius 1 is 0.460 bits per heavy atom. The van der Waals surface area contributed by atoms with Gasteiger partial charge in [-0.25, -0.2) is 9.69 Å². The molecule has 230 valence electrons. The predicted octanol–water partition coefficient (Wildman–Crippen LogP) is 12.2. The van der Waals surface area contributed by atoms with E-state index in [1.54, 1.807) is 0 Å². The van der Waals surface area contributed by atoms with Crippen molar-refractivity contribution in [2.45, 2.75) is 0 Å². The summed E-state index contributed by atoms with van der Waals surface area (Å²) in [6.07, 6.45) is 0. The SMILES string of the molecule is [C-]#[N+]c1ccc(-c2ccc(-c3ccc(-n4c5ccccc5c5cc(C#N)ccc54)cc3)cc2)c(-n2c3ccccc3c3cc([N+]#[C-])ccc32)c1. The van der Waals surface area contributed by atoms with Crippen LogP contribution in [0, 0.1) is 24.5 Å². The summed E-state index contributed by atoms with van der Waals surface area (Å²) in [5.74, 6) is 0. The summed E-state index contributed by atoms with van der Waals surface area (Å²) in [6, 6.07) is 53.6. The van der Waals surface area contributed by atoms with Gasteiger partial charge in [0.2, 0.25) is 0 Å². The van der Waals surface area contributed by atoms with Gasteiger partial charge in [-0.1, -0.05) is 91.0 Å². The molecule has 0 fully saturated rings. The normalized spacial score (nSPS) is 11.1. The van der Waals surface area contributed by atoms with Gasteiger partial charge in [0.25, 0.3) is 0 Å². The summed E-state index contributed by atoms with van der Waals surface area (Å²) in [4.78, 5) is 7.44. The molecule has 9 aromatic rings. The van der Waals surface area contributed by atoms with Gasteiger partial charge in [-0.15, -0.1) is 0 Å². The average molecular weight is 636 g/mol. The zero-order valence-corrected chi connectivity index (χ0v) is 26.7. The first-order valence-electron chi connectivity index (χ1n) is 16.2. The monoisotopic (exact) mass is 635 g/mol. The van der Waals surface area contributed by atoms with E-state index in [0.29, 0.717) is 16.9 Å². The van der Waals surface area contributed by atoms with Gasteiger partial charge in [0.05, 0.1) is 46.8 Å². The summed E-state index contributed by atoms with van der Waals surface area (Å²) in [6.45, 7) is 15.3. The third-order valence-electron chi connectivity index (χ3n) is 9.59. The third kappa shape index (κ3) is 4.45. The maximum absolute atomic E-state index is 9.51. The maximum Gasteiger partial charge on any atom is 0.189 e. The van der Waals surface area contributed by atoms with Gasteiger partial charge in [0, 0.05) is 33.1 Å². The minimum atomic E-state index is 0.568. The van der Waals surface area contributed by atoms with Crippen LogP contribution in [0.1, 0.15) is 5.56 Å². The molecule has 7 aromatic carbocycles. The molecule has 9 rings (SSSR count). The molecule has 0 unspecified atom stereocenters. The van der Waals surface area contributed by atoms with Crippen LogP contribution in [0.2, 0.25) is 0 Å². The van der Waals surface area contributed by atoms with E-state index in [2.05, 4.69) is 97.7 Å². The van der Waals surface area contributed by atoms with Crippen LogP contribution in [0.15, 0.2) is 152 Å². The number of para-hydroxylation sites is 2. The van der Waals surface area contributed by atoms with E-state index in [1.807, 2.05) is 78.9 Å². The Bertz CT molecular complexity index is 2940. The van der Waals surface area contributed by atoms with Gasteiger partial charge in [0.1, 0.15) is 0 Å². The molecule has 2 aromatic heterocycles. The molecule has 5 nitrogen and oxygen atoms in total. The summed E-state index contributed by atoms with van der Waals surface area (Å²) in [5.41, 5.74) is 12.3. The van der Waals surface area contributed by atoms with Crippen LogP contribution in [0.3, 0.4) is 0 Å². The van der Waals surface area contributed by atoms with Crippen molar-refractivity contribution in [1.29, 1.82) is 5.26 Å². The molecule has 0 saturated carbocycles. The van der Waals surface area contributed by atoms with Gasteiger partial charge in [-0.2, -0.15) is 5.26 Å². The van der Waals surface area contributed by atoms with Crippen LogP contribution in [-0.4, -0.2) is 9.13 Å². The van der Waals surface area contributed by atoms with Crippen molar-refractivity contribution in [3.05, 3.63) is 180 Å². The van der Waals surface area contributed by atoms with Gasteiger partial charge in [-0.3, -0.25) is 0 Å². The Morgan fingerprint density at radius 3 is 1.66 bits per heavy atom. The lowest BCUT2D eigenvalue weighted by Crippen LogP contribution is -1.97. The minimum absolute atomic E-state index is 0.568. The second-order valence-corrected chi connectivity index (χ2v) is 12.3. The fourth-order valence-corrected chi connectivity index (χ4v) is 7.27. The van der Waals surface area contributed by atoms with Crippen molar-refractivity contribution in [3.63, 3.8) is 0 Å². The quantitative estimate of drug-likeness (QED) is 0.177. The van der Waals surface area contributed by atoms with E-state index >= 15 is 0 Å². The number of hydrogen-bond acceptors (Lipinski definition) is 1. The Hall–Kier alpha value is -7.39. The molecule has 0 amide bonds. The number of fused-ring (bicyclic) bond motifs is 6. The van der Waals surface area contributed by atoms with Crippen molar-refractivity contribution in [1.82, 2.24) is 9.13 Å². The Balaban J connectivity index is 1.12. The summed E-state index contributed by atoms with van der Waals surface area (Å²) < 4.78 is 4.47. The van der Waals surface area contributed by atoms with Crippen molar-refractivity contribution < 1.29 is 0 Å². The molecule has 0 aliphatic rings. The average Bonchev–Trinajstić information content (AvgIpc) is 3.70. The first kappa shape index (κ1) is 28.8. The van der Waals surface area contributed by atoms with Crippen molar-refractivity contribution in [2.75, 3.05) is 0 Å². The minimum Gasteiger partial charge on any atom is -0.310 e. The van der Waals surface area contributed by atoms with Gasteiger partial charge in [-0.05, 0) is 82.7 Å². The largest absolute Gasteiger partial charge is 0.310 e. The van der Waals surface area contributed by atoms with Crippen molar-refractivity contribution in [2.24, 2.45) is 0 Å². The van der Waals surface area contributed by atoms with Crippen LogP contribution in [0.5, 0.6) is 0 Å². The highest BCUT2D eigenvalue weighted by atomic mass is 15.0. The van der Waals surface area contributed by atoms with E-state index < -0.39 is 0 Å². The third-order valence-corrected chi connectivity index (χ3v) is 9.59. The fraction of sp³-hybridized carbons (Fsp3) is 0. The Labute approximate surface area is 288 Å². The molecule has 50 heavy (non-hydrogen) atoms. The fourth-order valence-electron chi connectivity index (χ4n) is 7.27. The van der Waals surface area contributed by atoms with Crippen LogP contribution in [-0.2, 0) is 0 Å². The van der Waals surface area contributed by atoms with E-state index in [1.165, 1.54) is 0 Å². The Kier molecular flexibility index (Phi) is 6.56. The number of aromatic nitrogens is 2. The lowest BCUT2D eigenvalue weighted by atomic mass is 9.98. The molecule has 0 bridgehead atoms. The summed E-state index contributed by atoms with van der Waals surface area (Å²) in [7, 11) is 0. The van der Waals surface area contributed by atoms with E-state index in [9.17, 15) is 5.26 Å². The molecular formula is C45H25N5. The van der Waals surface area contributed by atoms with Gasteiger partial charge >= 0.3 is 0 Å². The van der Waals surface area contributed by atoms with Crippen LogP contribution < -0.4 is 0 Å². The molecule has 0 aliphatic heterocycles.